The molecule has 0 spiro atoms. The molecular weight excluding hydrogens is 180 g/mol. The predicted molar refractivity (Wildman–Crippen MR) is 50.7 cm³/mol. The van der Waals surface area contributed by atoms with Crippen LogP contribution in [0.1, 0.15) is 5.56 Å². The number of nitrogens with one attached hydrogen (secondary N) is 1. The highest BCUT2D eigenvalue weighted by molar-refractivity contribution is 5.95. The number of rotatable bonds is 1. The van der Waals surface area contributed by atoms with Gasteiger partial charge in [0.2, 0.25) is 0 Å². The van der Waals surface area contributed by atoms with E-state index in [-0.39, 0.29) is 5.70 Å². The quantitative estimate of drug-likeness (QED) is 0.679. The highest BCUT2D eigenvalue weighted by atomic mass is 16.4. The van der Waals surface area contributed by atoms with Crippen LogP contribution in [0.25, 0.3) is 0 Å². The first-order valence-corrected chi connectivity index (χ1v) is 4.08. The Balaban J connectivity index is 2.41. The number of nitrogens with zero attached hydrogens (tertiary/aromatic N) is 1. The van der Waals surface area contributed by atoms with Crippen molar-refractivity contribution in [3.8, 4) is 0 Å². The molecule has 1 aromatic carbocycles. The summed E-state index contributed by atoms with van der Waals surface area (Å²) in [6.07, 6.45) is 2.81. The fourth-order valence-electron chi connectivity index (χ4n) is 1.18. The van der Waals surface area contributed by atoms with Crippen molar-refractivity contribution in [1.29, 1.82) is 0 Å². The molecule has 1 N–H and O–H groups in total. The van der Waals surface area contributed by atoms with Gasteiger partial charge in [-0.05, 0) is 6.07 Å². The predicted octanol–water partition coefficient (Wildman–Crippen LogP) is 0.122. The zero-order valence-corrected chi connectivity index (χ0v) is 7.23. The van der Waals surface area contributed by atoms with Crippen LogP contribution in [0.5, 0.6) is 0 Å². The number of para-hydroxylation sites is 1. The zero-order chi connectivity index (χ0) is 9.97. The number of aliphatic imine (C=N–C) groups is 1. The molecule has 2 rings (SSSR count). The summed E-state index contributed by atoms with van der Waals surface area (Å²) in [5, 5.41) is 13.4. The lowest BCUT2D eigenvalue weighted by Gasteiger charge is -2.02. The Morgan fingerprint density at radius 3 is 2.93 bits per heavy atom. The largest absolute Gasteiger partial charge is 0.543 e. The summed E-state index contributed by atoms with van der Waals surface area (Å²) in [7, 11) is 0. The molecule has 0 aliphatic carbocycles. The van der Waals surface area contributed by atoms with Gasteiger partial charge in [0.1, 0.15) is 5.70 Å². The van der Waals surface area contributed by atoms with Crippen LogP contribution in [-0.4, -0.2) is 12.2 Å². The van der Waals surface area contributed by atoms with Crippen molar-refractivity contribution in [2.24, 2.45) is 4.99 Å². The number of hydrogen-bond acceptors (Lipinski definition) is 4. The molecule has 0 radical (unpaired) electrons. The SMILES string of the molecule is O=C([O-])C1=CNc2ccccc2C=N1. The molecule has 0 saturated heterocycles. The van der Waals surface area contributed by atoms with Gasteiger partial charge in [-0.2, -0.15) is 0 Å². The number of carbonyl (C=O) groups excluding carboxylic acids is 1. The van der Waals surface area contributed by atoms with Crippen molar-refractivity contribution < 1.29 is 9.90 Å². The average Bonchev–Trinajstić information content (AvgIpc) is 2.39. The van der Waals surface area contributed by atoms with E-state index in [0.29, 0.717) is 0 Å². The van der Waals surface area contributed by atoms with Crippen molar-refractivity contribution in [3.63, 3.8) is 0 Å². The van der Waals surface area contributed by atoms with Crippen LogP contribution < -0.4 is 10.4 Å². The third kappa shape index (κ3) is 1.50. The Bertz CT molecular complexity index is 436. The molecule has 0 amide bonds. The molecule has 0 bridgehead atoms. The van der Waals surface area contributed by atoms with Gasteiger partial charge in [-0.25, -0.2) is 0 Å². The zero-order valence-electron chi connectivity index (χ0n) is 7.23. The molecular formula is C10H7N2O2-. The summed E-state index contributed by atoms with van der Waals surface area (Å²) in [5.41, 5.74) is 1.56. The topological polar surface area (TPSA) is 64.5 Å². The number of anilines is 1. The van der Waals surface area contributed by atoms with E-state index in [0.717, 1.165) is 11.3 Å². The molecule has 0 aromatic heterocycles. The summed E-state index contributed by atoms with van der Waals surface area (Å²) in [6.45, 7) is 0. The van der Waals surface area contributed by atoms with E-state index >= 15 is 0 Å². The Hall–Kier alpha value is -2.10. The lowest BCUT2D eigenvalue weighted by Crippen LogP contribution is -2.23. The molecule has 70 valence electrons. The second-order valence-corrected chi connectivity index (χ2v) is 2.81. The van der Waals surface area contributed by atoms with Gasteiger partial charge in [0.05, 0.1) is 5.97 Å². The van der Waals surface area contributed by atoms with Crippen LogP contribution in [0.15, 0.2) is 41.2 Å². The van der Waals surface area contributed by atoms with Crippen molar-refractivity contribution in [3.05, 3.63) is 41.7 Å². The number of benzene rings is 1. The third-order valence-electron chi connectivity index (χ3n) is 1.88. The van der Waals surface area contributed by atoms with Crippen LogP contribution in [0.2, 0.25) is 0 Å². The Kier molecular flexibility index (Phi) is 2.02. The van der Waals surface area contributed by atoms with Crippen LogP contribution in [0.3, 0.4) is 0 Å². The number of carbonyl (C=O) groups is 1. The molecule has 1 heterocycles. The van der Waals surface area contributed by atoms with Crippen LogP contribution in [-0.2, 0) is 4.79 Å². The second-order valence-electron chi connectivity index (χ2n) is 2.81. The van der Waals surface area contributed by atoms with Crippen LogP contribution in [0.4, 0.5) is 5.69 Å². The van der Waals surface area contributed by atoms with Crippen molar-refractivity contribution in [2.45, 2.75) is 0 Å². The molecule has 14 heavy (non-hydrogen) atoms. The molecule has 0 unspecified atom stereocenters. The number of hydrogen-bond donors (Lipinski definition) is 1. The van der Waals surface area contributed by atoms with Crippen molar-refractivity contribution in [1.82, 2.24) is 0 Å². The molecule has 0 atom stereocenters. The summed E-state index contributed by atoms with van der Waals surface area (Å²) in [4.78, 5) is 14.3. The summed E-state index contributed by atoms with van der Waals surface area (Å²) in [6, 6.07) is 7.40. The Labute approximate surface area is 80.6 Å². The van der Waals surface area contributed by atoms with E-state index in [4.69, 9.17) is 0 Å². The average molecular weight is 187 g/mol. The lowest BCUT2D eigenvalue weighted by molar-refractivity contribution is -0.299. The van der Waals surface area contributed by atoms with Crippen LogP contribution >= 0.6 is 0 Å². The molecule has 0 fully saturated rings. The standard InChI is InChI=1S/C10H8N2O2/c13-10(14)9-6-12-8-4-2-1-3-7(8)5-11-9/h1-6,12H,(H,13,14)/p-1. The fraction of sp³-hybridized carbons (Fsp3) is 0. The summed E-state index contributed by atoms with van der Waals surface area (Å²) < 4.78 is 0. The Morgan fingerprint density at radius 2 is 2.14 bits per heavy atom. The number of aliphatic carboxylic acids is 1. The number of carboxylic acids is 1. The molecule has 4 nitrogen and oxygen atoms in total. The first kappa shape index (κ1) is 8.50. The molecule has 4 heteroatoms. The maximum absolute atomic E-state index is 10.5. The monoisotopic (exact) mass is 187 g/mol. The molecule has 1 aliphatic rings. The summed E-state index contributed by atoms with van der Waals surface area (Å²) >= 11 is 0. The maximum Gasteiger partial charge on any atom is 0.102 e. The van der Waals surface area contributed by atoms with Gasteiger partial charge >= 0.3 is 0 Å². The van der Waals surface area contributed by atoms with Crippen LogP contribution in [0, 0.1) is 0 Å². The first-order chi connectivity index (χ1) is 6.77. The highest BCUT2D eigenvalue weighted by Gasteiger charge is 2.03. The highest BCUT2D eigenvalue weighted by Crippen LogP contribution is 2.16. The van der Waals surface area contributed by atoms with E-state index in [1.807, 2.05) is 24.3 Å². The molecule has 0 saturated carbocycles. The van der Waals surface area contributed by atoms with Gasteiger partial charge in [-0.15, -0.1) is 0 Å². The van der Waals surface area contributed by atoms with E-state index in [9.17, 15) is 9.90 Å². The smallest absolute Gasteiger partial charge is 0.102 e. The minimum atomic E-state index is -1.29. The van der Waals surface area contributed by atoms with Crippen molar-refractivity contribution in [2.75, 3.05) is 5.32 Å². The van der Waals surface area contributed by atoms with E-state index < -0.39 is 5.97 Å². The van der Waals surface area contributed by atoms with E-state index in [1.54, 1.807) is 0 Å². The number of fused-ring (bicyclic) bond motifs is 1. The molecule has 1 aliphatic heterocycles. The maximum atomic E-state index is 10.5. The Morgan fingerprint density at radius 1 is 1.36 bits per heavy atom. The van der Waals surface area contributed by atoms with Crippen molar-refractivity contribution >= 4 is 17.9 Å². The van der Waals surface area contributed by atoms with Gasteiger partial charge in [0.25, 0.3) is 0 Å². The summed E-state index contributed by atoms with van der Waals surface area (Å²) in [5.74, 6) is -1.29. The number of carboxylic acid groups (broad SMARTS) is 1. The fourth-order valence-corrected chi connectivity index (χ4v) is 1.18. The third-order valence-corrected chi connectivity index (χ3v) is 1.88. The van der Waals surface area contributed by atoms with Gasteiger partial charge < -0.3 is 15.2 Å². The first-order valence-electron chi connectivity index (χ1n) is 4.08. The second kappa shape index (κ2) is 3.33. The minimum Gasteiger partial charge on any atom is -0.543 e. The lowest BCUT2D eigenvalue weighted by atomic mass is 10.2. The normalized spacial score (nSPS) is 13.6. The van der Waals surface area contributed by atoms with Gasteiger partial charge in [-0.3, -0.25) is 4.99 Å². The minimum absolute atomic E-state index is 0.110. The van der Waals surface area contributed by atoms with E-state index in [2.05, 4.69) is 10.3 Å². The van der Waals surface area contributed by atoms with Gasteiger partial charge in [0, 0.05) is 23.7 Å². The van der Waals surface area contributed by atoms with Gasteiger partial charge in [0.15, 0.2) is 0 Å². The van der Waals surface area contributed by atoms with Gasteiger partial charge in [-0.1, -0.05) is 18.2 Å². The van der Waals surface area contributed by atoms with E-state index in [1.165, 1.54) is 12.4 Å². The molecule has 1 aromatic rings.